The van der Waals surface area contributed by atoms with Crippen LogP contribution in [-0.2, 0) is 27.8 Å². The number of carbonyl (C=O) groups excluding carboxylic acids is 1. The fourth-order valence-corrected chi connectivity index (χ4v) is 5.57. The molecular weight excluding hydrogens is 388 g/mol. The number of thiophene rings is 1. The second-order valence-corrected chi connectivity index (χ2v) is 9.15. The average Bonchev–Trinajstić information content (AvgIpc) is 3.11. The topological polar surface area (TPSA) is 84.9 Å². The molecule has 2 heterocycles. The van der Waals surface area contributed by atoms with Gasteiger partial charge in [-0.2, -0.15) is 0 Å². The quantitative estimate of drug-likeness (QED) is 0.792. The Morgan fingerprint density at radius 1 is 1.22 bits per heavy atom. The molecule has 0 saturated carbocycles. The summed E-state index contributed by atoms with van der Waals surface area (Å²) in [6.45, 7) is 2.92. The second-order valence-electron chi connectivity index (χ2n) is 6.11. The van der Waals surface area contributed by atoms with Gasteiger partial charge in [-0.15, -0.1) is 11.3 Å². The van der Waals surface area contributed by atoms with E-state index in [0.29, 0.717) is 43.1 Å². The van der Waals surface area contributed by atoms with Crippen molar-refractivity contribution in [3.8, 4) is 11.5 Å². The minimum atomic E-state index is -3.73. The second kappa shape index (κ2) is 7.77. The number of hydrogen-bond acceptors (Lipinski definition) is 6. The van der Waals surface area contributed by atoms with E-state index in [1.54, 1.807) is 29.2 Å². The molecule has 27 heavy (non-hydrogen) atoms. The number of carbonyl (C=O) groups is 1. The molecule has 1 aliphatic rings. The van der Waals surface area contributed by atoms with Gasteiger partial charge < -0.3 is 14.4 Å². The van der Waals surface area contributed by atoms with Crippen LogP contribution in [0.2, 0.25) is 0 Å². The zero-order valence-electron chi connectivity index (χ0n) is 15.4. The Morgan fingerprint density at radius 3 is 2.63 bits per heavy atom. The molecule has 146 valence electrons. The summed E-state index contributed by atoms with van der Waals surface area (Å²) in [5.41, 5.74) is 1.29. The van der Waals surface area contributed by atoms with E-state index in [0.717, 1.165) is 10.4 Å². The van der Waals surface area contributed by atoms with E-state index in [4.69, 9.17) is 9.47 Å². The van der Waals surface area contributed by atoms with Crippen molar-refractivity contribution in [2.75, 3.05) is 25.5 Å². The Labute approximate surface area is 163 Å². The van der Waals surface area contributed by atoms with Gasteiger partial charge in [-0.1, -0.05) is 6.92 Å². The molecule has 0 atom stereocenters. The van der Waals surface area contributed by atoms with Crippen LogP contribution in [0.4, 0.5) is 5.69 Å². The van der Waals surface area contributed by atoms with Gasteiger partial charge in [-0.05, 0) is 30.2 Å². The fraction of sp³-hybridized carbons (Fsp3) is 0.389. The van der Waals surface area contributed by atoms with Gasteiger partial charge in [0.2, 0.25) is 5.91 Å². The average molecular weight is 411 g/mol. The van der Waals surface area contributed by atoms with Crippen molar-refractivity contribution in [3.05, 3.63) is 34.7 Å². The Hall–Kier alpha value is -2.26. The van der Waals surface area contributed by atoms with Gasteiger partial charge in [0.15, 0.2) is 11.5 Å². The molecule has 0 fully saturated rings. The number of nitrogens with one attached hydrogen (secondary N) is 1. The summed E-state index contributed by atoms with van der Waals surface area (Å²) in [4.78, 5) is 14.7. The van der Waals surface area contributed by atoms with Crippen LogP contribution < -0.4 is 14.2 Å². The number of rotatable bonds is 6. The lowest BCUT2D eigenvalue weighted by molar-refractivity contribution is -0.131. The molecule has 1 aromatic carbocycles. The summed E-state index contributed by atoms with van der Waals surface area (Å²) in [5.74, 6) is 1.05. The van der Waals surface area contributed by atoms with E-state index in [2.05, 4.69) is 4.72 Å². The molecule has 3 rings (SSSR count). The van der Waals surface area contributed by atoms with Crippen LogP contribution in [0.25, 0.3) is 0 Å². The monoisotopic (exact) mass is 410 g/mol. The van der Waals surface area contributed by atoms with E-state index < -0.39 is 10.0 Å². The molecule has 9 heteroatoms. The summed E-state index contributed by atoms with van der Waals surface area (Å²) < 4.78 is 38.8. The van der Waals surface area contributed by atoms with E-state index in [1.165, 1.54) is 25.6 Å². The number of anilines is 1. The van der Waals surface area contributed by atoms with E-state index >= 15 is 0 Å². The van der Waals surface area contributed by atoms with Crippen molar-refractivity contribution >= 4 is 33.0 Å². The first-order valence-corrected chi connectivity index (χ1v) is 10.8. The third-order valence-electron chi connectivity index (χ3n) is 4.40. The zero-order chi connectivity index (χ0) is 19.6. The number of fused-ring (bicyclic) bond motifs is 1. The molecule has 1 amide bonds. The SMILES string of the molecule is CCC(=O)N1CCc2sc(S(=O)(=O)Nc3ccc(OC)c(OC)c3)cc2C1. The number of hydrogen-bond donors (Lipinski definition) is 1. The van der Waals surface area contributed by atoms with Gasteiger partial charge in [0, 0.05) is 30.5 Å². The highest BCUT2D eigenvalue weighted by Gasteiger charge is 2.26. The zero-order valence-corrected chi connectivity index (χ0v) is 17.1. The Kier molecular flexibility index (Phi) is 5.61. The molecule has 7 nitrogen and oxygen atoms in total. The number of amides is 1. The van der Waals surface area contributed by atoms with Crippen LogP contribution in [0.15, 0.2) is 28.5 Å². The number of benzene rings is 1. The van der Waals surface area contributed by atoms with Crippen LogP contribution in [0.3, 0.4) is 0 Å². The smallest absolute Gasteiger partial charge is 0.271 e. The Morgan fingerprint density at radius 2 is 1.96 bits per heavy atom. The fourth-order valence-electron chi connectivity index (χ4n) is 2.98. The number of nitrogens with zero attached hydrogens (tertiary/aromatic N) is 1. The molecular formula is C18H22N2O5S2. The Bertz CT molecular complexity index is 953. The van der Waals surface area contributed by atoms with Crippen molar-refractivity contribution < 1.29 is 22.7 Å². The highest BCUT2D eigenvalue weighted by Crippen LogP contribution is 2.34. The molecule has 0 aliphatic carbocycles. The molecule has 0 saturated heterocycles. The highest BCUT2D eigenvalue weighted by molar-refractivity contribution is 7.94. The van der Waals surface area contributed by atoms with Gasteiger partial charge in [-0.25, -0.2) is 8.42 Å². The van der Waals surface area contributed by atoms with Crippen LogP contribution >= 0.6 is 11.3 Å². The third-order valence-corrected chi connectivity index (χ3v) is 7.49. The maximum atomic E-state index is 12.8. The molecule has 1 aromatic heterocycles. The van der Waals surface area contributed by atoms with E-state index in [1.807, 2.05) is 6.92 Å². The van der Waals surface area contributed by atoms with Crippen LogP contribution in [0, 0.1) is 0 Å². The lowest BCUT2D eigenvalue weighted by Crippen LogP contribution is -2.34. The van der Waals surface area contributed by atoms with Gasteiger partial charge in [0.25, 0.3) is 10.0 Å². The summed E-state index contributed by atoms with van der Waals surface area (Å²) in [6.07, 6.45) is 1.13. The summed E-state index contributed by atoms with van der Waals surface area (Å²) in [7, 11) is -0.715. The summed E-state index contributed by atoms with van der Waals surface area (Å²) in [5, 5.41) is 0. The summed E-state index contributed by atoms with van der Waals surface area (Å²) in [6, 6.07) is 6.50. The molecule has 0 spiro atoms. The first kappa shape index (κ1) is 19.5. The van der Waals surface area contributed by atoms with Gasteiger partial charge >= 0.3 is 0 Å². The minimum Gasteiger partial charge on any atom is -0.493 e. The number of ether oxygens (including phenoxy) is 2. The molecule has 0 radical (unpaired) electrons. The number of methoxy groups -OCH3 is 2. The normalized spacial score (nSPS) is 13.8. The molecule has 1 aliphatic heterocycles. The van der Waals surface area contributed by atoms with Crippen LogP contribution in [0.5, 0.6) is 11.5 Å². The number of sulfonamides is 1. The Balaban J connectivity index is 1.83. The first-order chi connectivity index (χ1) is 12.9. The highest BCUT2D eigenvalue weighted by atomic mass is 32.2. The van der Waals surface area contributed by atoms with E-state index in [-0.39, 0.29) is 10.1 Å². The third kappa shape index (κ3) is 4.03. The van der Waals surface area contributed by atoms with Crippen molar-refractivity contribution in [3.63, 3.8) is 0 Å². The molecule has 0 unspecified atom stereocenters. The lowest BCUT2D eigenvalue weighted by Gasteiger charge is -2.26. The molecule has 2 aromatic rings. The van der Waals surface area contributed by atoms with Crippen LogP contribution in [-0.4, -0.2) is 40.0 Å². The maximum absolute atomic E-state index is 12.8. The van der Waals surface area contributed by atoms with Crippen molar-refractivity contribution in [1.82, 2.24) is 4.90 Å². The van der Waals surface area contributed by atoms with Crippen LogP contribution in [0.1, 0.15) is 23.8 Å². The largest absolute Gasteiger partial charge is 0.493 e. The predicted molar refractivity (Wildman–Crippen MR) is 104 cm³/mol. The molecule has 0 bridgehead atoms. The van der Waals surface area contributed by atoms with Crippen molar-refractivity contribution in [2.45, 2.75) is 30.5 Å². The molecule has 1 N–H and O–H groups in total. The van der Waals surface area contributed by atoms with Crippen molar-refractivity contribution in [1.29, 1.82) is 0 Å². The lowest BCUT2D eigenvalue weighted by atomic mass is 10.1. The summed E-state index contributed by atoms with van der Waals surface area (Å²) >= 11 is 1.26. The van der Waals surface area contributed by atoms with Crippen molar-refractivity contribution in [2.24, 2.45) is 0 Å². The standard InChI is InChI=1S/C18H22N2O5S2/c1-4-17(21)20-8-7-16-12(11-20)9-18(26-16)27(22,23)19-13-5-6-14(24-2)15(10-13)25-3/h5-6,9-10,19H,4,7-8,11H2,1-3H3. The minimum absolute atomic E-state index is 0.0831. The maximum Gasteiger partial charge on any atom is 0.271 e. The predicted octanol–water partition coefficient (Wildman–Crippen LogP) is 2.86. The first-order valence-electron chi connectivity index (χ1n) is 8.52. The van der Waals surface area contributed by atoms with E-state index in [9.17, 15) is 13.2 Å². The van der Waals surface area contributed by atoms with Gasteiger partial charge in [-0.3, -0.25) is 9.52 Å². The van der Waals surface area contributed by atoms with Gasteiger partial charge in [0.05, 0.1) is 19.9 Å². The van der Waals surface area contributed by atoms with Gasteiger partial charge in [0.1, 0.15) is 4.21 Å².